The first-order valence-corrected chi connectivity index (χ1v) is 8.54. The van der Waals surface area contributed by atoms with E-state index in [1.807, 2.05) is 36.4 Å². The number of carbonyl (C=O) groups excluding carboxylic acids is 1. The summed E-state index contributed by atoms with van der Waals surface area (Å²) in [5.74, 6) is -0.110. The van der Waals surface area contributed by atoms with Crippen LogP contribution in [0.1, 0.15) is 22.8 Å². The highest BCUT2D eigenvalue weighted by Crippen LogP contribution is 2.30. The third-order valence-electron chi connectivity index (χ3n) is 3.61. The number of aryl methyl sites for hydroxylation is 1. The lowest BCUT2D eigenvalue weighted by Crippen LogP contribution is -2.12. The molecule has 0 saturated carbocycles. The van der Waals surface area contributed by atoms with Crippen molar-refractivity contribution in [2.45, 2.75) is 13.3 Å². The van der Waals surface area contributed by atoms with Crippen LogP contribution in [0.15, 0.2) is 51.5 Å². The molecule has 112 valence electrons. The Morgan fingerprint density at radius 3 is 2.68 bits per heavy atom. The molecule has 3 aromatic rings. The van der Waals surface area contributed by atoms with Crippen molar-refractivity contribution in [3.63, 3.8) is 0 Å². The largest absolute Gasteiger partial charge is 0.360 e. The van der Waals surface area contributed by atoms with Gasteiger partial charge in [0.25, 0.3) is 5.91 Å². The van der Waals surface area contributed by atoms with E-state index in [9.17, 15) is 4.79 Å². The molecule has 1 amide bonds. The summed E-state index contributed by atoms with van der Waals surface area (Å²) in [5.41, 5.74) is 3.54. The fourth-order valence-corrected chi connectivity index (χ4v) is 3.13. The van der Waals surface area contributed by atoms with Gasteiger partial charge < -0.3 is 10.3 Å². The summed E-state index contributed by atoms with van der Waals surface area (Å²) in [5, 5.41) is 3.89. The van der Waals surface area contributed by atoms with E-state index in [-0.39, 0.29) is 5.91 Å². The van der Waals surface area contributed by atoms with Crippen LogP contribution in [0.2, 0.25) is 0 Å². The van der Waals surface area contributed by atoms with Crippen LogP contribution in [0, 0.1) is 0 Å². The van der Waals surface area contributed by atoms with Crippen LogP contribution in [0.4, 0.5) is 5.69 Å². The fourth-order valence-electron chi connectivity index (χ4n) is 2.44. The Bertz CT molecular complexity index is 855. The minimum Gasteiger partial charge on any atom is -0.360 e. The summed E-state index contributed by atoms with van der Waals surface area (Å²) >= 11 is 6.95. The molecule has 2 aromatic carbocycles. The number of hydrogen-bond acceptors (Lipinski definition) is 1. The number of aromatic amines is 1. The number of halogens is 2. The van der Waals surface area contributed by atoms with Gasteiger partial charge in [-0.1, -0.05) is 25.1 Å². The van der Waals surface area contributed by atoms with Gasteiger partial charge in [-0.2, -0.15) is 0 Å². The van der Waals surface area contributed by atoms with E-state index >= 15 is 0 Å². The summed E-state index contributed by atoms with van der Waals surface area (Å²) in [6, 6.07) is 11.8. The molecule has 1 aromatic heterocycles. The van der Waals surface area contributed by atoms with Crippen LogP contribution in [0.3, 0.4) is 0 Å². The molecule has 22 heavy (non-hydrogen) atoms. The zero-order valence-corrected chi connectivity index (χ0v) is 15.1. The molecular formula is C17H14Br2N2O. The van der Waals surface area contributed by atoms with E-state index in [2.05, 4.69) is 49.1 Å². The molecule has 3 rings (SSSR count). The lowest BCUT2D eigenvalue weighted by molar-refractivity contribution is 0.102. The number of carbonyl (C=O) groups is 1. The van der Waals surface area contributed by atoms with Gasteiger partial charge in [0.15, 0.2) is 0 Å². The van der Waals surface area contributed by atoms with E-state index in [1.54, 1.807) is 6.20 Å². The van der Waals surface area contributed by atoms with E-state index in [4.69, 9.17) is 0 Å². The van der Waals surface area contributed by atoms with Crippen molar-refractivity contribution in [3.05, 3.63) is 62.7 Å². The molecule has 0 aliphatic rings. The van der Waals surface area contributed by atoms with Gasteiger partial charge in [-0.25, -0.2) is 0 Å². The standard InChI is InChI=1S/C17H14Br2N2O/c1-2-10-5-3-4-6-15(10)21-17(22)12-9-20-16-8-14(19)13(18)7-11(12)16/h3-9,20H,2H2,1H3,(H,21,22). The molecule has 0 saturated heterocycles. The maximum absolute atomic E-state index is 12.6. The van der Waals surface area contributed by atoms with Crippen molar-refractivity contribution in [1.29, 1.82) is 0 Å². The van der Waals surface area contributed by atoms with Crippen molar-refractivity contribution in [2.75, 3.05) is 5.32 Å². The van der Waals surface area contributed by atoms with Crippen LogP contribution < -0.4 is 5.32 Å². The van der Waals surface area contributed by atoms with E-state index in [0.717, 1.165) is 37.5 Å². The Kier molecular flexibility index (Phi) is 4.36. The zero-order chi connectivity index (χ0) is 15.7. The Hall–Kier alpha value is -1.59. The first-order valence-electron chi connectivity index (χ1n) is 6.95. The lowest BCUT2D eigenvalue weighted by Gasteiger charge is -2.09. The van der Waals surface area contributed by atoms with Crippen LogP contribution in [0.5, 0.6) is 0 Å². The number of hydrogen-bond donors (Lipinski definition) is 2. The smallest absolute Gasteiger partial charge is 0.257 e. The van der Waals surface area contributed by atoms with Gasteiger partial charge >= 0.3 is 0 Å². The predicted molar refractivity (Wildman–Crippen MR) is 97.5 cm³/mol. The van der Waals surface area contributed by atoms with Gasteiger partial charge in [-0.3, -0.25) is 4.79 Å². The number of para-hydroxylation sites is 1. The van der Waals surface area contributed by atoms with Gasteiger partial charge in [-0.05, 0) is 62.0 Å². The molecule has 0 radical (unpaired) electrons. The molecular weight excluding hydrogens is 408 g/mol. The van der Waals surface area contributed by atoms with Gasteiger partial charge in [0.1, 0.15) is 0 Å². The maximum Gasteiger partial charge on any atom is 0.257 e. The van der Waals surface area contributed by atoms with Gasteiger partial charge in [0, 0.05) is 31.7 Å². The topological polar surface area (TPSA) is 44.9 Å². The predicted octanol–water partition coefficient (Wildman–Crippen LogP) is 5.51. The summed E-state index contributed by atoms with van der Waals surface area (Å²) in [4.78, 5) is 15.7. The SMILES string of the molecule is CCc1ccccc1NC(=O)c1c[nH]c2cc(Br)c(Br)cc12. The molecule has 0 aliphatic heterocycles. The Morgan fingerprint density at radius 1 is 1.18 bits per heavy atom. The number of H-pyrrole nitrogens is 1. The molecule has 0 unspecified atom stereocenters. The number of fused-ring (bicyclic) bond motifs is 1. The molecule has 2 N–H and O–H groups in total. The second kappa shape index (κ2) is 6.26. The highest BCUT2D eigenvalue weighted by atomic mass is 79.9. The second-order valence-electron chi connectivity index (χ2n) is 4.98. The molecule has 1 heterocycles. The highest BCUT2D eigenvalue weighted by Gasteiger charge is 2.14. The summed E-state index contributed by atoms with van der Waals surface area (Å²) < 4.78 is 1.87. The molecule has 0 aliphatic carbocycles. The average molecular weight is 422 g/mol. The first kappa shape index (κ1) is 15.3. The zero-order valence-electron chi connectivity index (χ0n) is 11.9. The number of aromatic nitrogens is 1. The van der Waals surface area contributed by atoms with Crippen LogP contribution >= 0.6 is 31.9 Å². The average Bonchev–Trinajstić information content (AvgIpc) is 2.91. The minimum atomic E-state index is -0.110. The molecule has 0 bridgehead atoms. The van der Waals surface area contributed by atoms with Crippen molar-refractivity contribution >= 4 is 54.4 Å². The monoisotopic (exact) mass is 420 g/mol. The van der Waals surface area contributed by atoms with E-state index < -0.39 is 0 Å². The number of benzene rings is 2. The summed E-state index contributed by atoms with van der Waals surface area (Å²) in [6.07, 6.45) is 2.62. The Labute approximate surface area is 145 Å². The maximum atomic E-state index is 12.6. The third kappa shape index (κ3) is 2.83. The molecule has 0 fully saturated rings. The van der Waals surface area contributed by atoms with Crippen molar-refractivity contribution in [2.24, 2.45) is 0 Å². The molecule has 0 atom stereocenters. The Balaban J connectivity index is 1.97. The van der Waals surface area contributed by atoms with Crippen LogP contribution in [0.25, 0.3) is 10.9 Å². The van der Waals surface area contributed by atoms with Crippen molar-refractivity contribution < 1.29 is 4.79 Å². The quantitative estimate of drug-likeness (QED) is 0.575. The number of amides is 1. The lowest BCUT2D eigenvalue weighted by atomic mass is 10.1. The highest BCUT2D eigenvalue weighted by molar-refractivity contribution is 9.13. The second-order valence-corrected chi connectivity index (χ2v) is 6.69. The fraction of sp³-hybridized carbons (Fsp3) is 0.118. The van der Waals surface area contributed by atoms with E-state index in [1.165, 1.54) is 0 Å². The number of anilines is 1. The van der Waals surface area contributed by atoms with E-state index in [0.29, 0.717) is 5.56 Å². The minimum absolute atomic E-state index is 0.110. The van der Waals surface area contributed by atoms with Crippen molar-refractivity contribution in [1.82, 2.24) is 4.98 Å². The Morgan fingerprint density at radius 2 is 1.91 bits per heavy atom. The number of nitrogens with one attached hydrogen (secondary N) is 2. The summed E-state index contributed by atoms with van der Waals surface area (Å²) in [7, 11) is 0. The van der Waals surface area contributed by atoms with Gasteiger partial charge in [-0.15, -0.1) is 0 Å². The van der Waals surface area contributed by atoms with Gasteiger partial charge in [0.05, 0.1) is 5.56 Å². The molecule has 5 heteroatoms. The van der Waals surface area contributed by atoms with Gasteiger partial charge in [0.2, 0.25) is 0 Å². The summed E-state index contributed by atoms with van der Waals surface area (Å²) in [6.45, 7) is 2.07. The normalized spacial score (nSPS) is 10.9. The number of rotatable bonds is 3. The van der Waals surface area contributed by atoms with Crippen molar-refractivity contribution in [3.8, 4) is 0 Å². The first-order chi connectivity index (χ1) is 10.6. The molecule has 3 nitrogen and oxygen atoms in total. The van der Waals surface area contributed by atoms with Crippen LogP contribution in [-0.2, 0) is 6.42 Å². The molecule has 0 spiro atoms. The van der Waals surface area contributed by atoms with Crippen LogP contribution in [-0.4, -0.2) is 10.9 Å². The third-order valence-corrected chi connectivity index (χ3v) is 5.46.